The molecule has 0 aromatic heterocycles. The Labute approximate surface area is 115 Å². The normalized spacial score (nSPS) is 11.7. The molecular weight excluding hydrogens is 267 g/mol. The number of hydrogen-bond acceptors (Lipinski definition) is 3. The molecule has 6 nitrogen and oxygen atoms in total. The van der Waals surface area contributed by atoms with Crippen molar-refractivity contribution in [1.82, 2.24) is 10.6 Å². The molecule has 20 heavy (non-hydrogen) atoms. The third-order valence-corrected chi connectivity index (χ3v) is 2.59. The number of hydrogen-bond donors (Lipinski definition) is 4. The van der Waals surface area contributed by atoms with Crippen LogP contribution in [0.25, 0.3) is 0 Å². The first-order valence-corrected chi connectivity index (χ1v) is 6.15. The maximum atomic E-state index is 13.1. The summed E-state index contributed by atoms with van der Waals surface area (Å²) in [7, 11) is 0. The fraction of sp³-hybridized carbons (Fsp3) is 0.385. The third kappa shape index (κ3) is 5.66. The monoisotopic (exact) mass is 284 g/mol. The Bertz CT molecular complexity index is 467. The van der Waals surface area contributed by atoms with Crippen LogP contribution in [0.15, 0.2) is 24.3 Å². The van der Waals surface area contributed by atoms with E-state index in [4.69, 9.17) is 5.11 Å². The van der Waals surface area contributed by atoms with Crippen LogP contribution in [0.5, 0.6) is 0 Å². The zero-order valence-electron chi connectivity index (χ0n) is 10.8. The van der Waals surface area contributed by atoms with E-state index in [1.54, 1.807) is 6.07 Å². The molecule has 1 aromatic carbocycles. The van der Waals surface area contributed by atoms with E-state index in [-0.39, 0.29) is 19.6 Å². The Hall–Kier alpha value is -2.15. The Kier molecular flexibility index (Phi) is 6.45. The number of nitrogens with one attached hydrogen (secondary N) is 2. The average molecular weight is 284 g/mol. The van der Waals surface area contributed by atoms with Crippen molar-refractivity contribution in [2.75, 3.05) is 13.2 Å². The largest absolute Gasteiger partial charge is 0.481 e. The van der Waals surface area contributed by atoms with E-state index in [0.717, 1.165) is 0 Å². The van der Waals surface area contributed by atoms with E-state index in [1.165, 1.54) is 18.2 Å². The number of benzene rings is 1. The fourth-order valence-corrected chi connectivity index (χ4v) is 1.61. The first-order chi connectivity index (χ1) is 9.52. The Morgan fingerprint density at radius 1 is 1.35 bits per heavy atom. The van der Waals surface area contributed by atoms with Crippen molar-refractivity contribution in [1.29, 1.82) is 0 Å². The molecule has 1 aromatic rings. The van der Waals surface area contributed by atoms with E-state index >= 15 is 0 Å². The second kappa shape index (κ2) is 8.11. The minimum Gasteiger partial charge on any atom is -0.481 e. The quantitative estimate of drug-likeness (QED) is 0.562. The van der Waals surface area contributed by atoms with Gasteiger partial charge in [-0.3, -0.25) is 4.79 Å². The number of aliphatic hydroxyl groups excluding tert-OH is 1. The smallest absolute Gasteiger partial charge is 0.315 e. The second-order valence-electron chi connectivity index (χ2n) is 4.19. The minimum absolute atomic E-state index is 0.0341. The molecule has 4 N–H and O–H groups in total. The number of urea groups is 1. The van der Waals surface area contributed by atoms with Crippen LogP contribution in [0.1, 0.15) is 24.4 Å². The standard InChI is InChI=1S/C13H17FN2O4/c14-10-4-1-3-9(7-10)11(8-17)16-13(20)15-6-2-5-12(18)19/h1,3-4,7,11,17H,2,5-6,8H2,(H,18,19)(H2,15,16,20). The van der Waals surface area contributed by atoms with E-state index in [1.807, 2.05) is 0 Å². The van der Waals surface area contributed by atoms with Gasteiger partial charge in [-0.15, -0.1) is 0 Å². The van der Waals surface area contributed by atoms with Crippen molar-refractivity contribution in [3.63, 3.8) is 0 Å². The minimum atomic E-state index is -0.930. The Morgan fingerprint density at radius 2 is 2.10 bits per heavy atom. The molecule has 110 valence electrons. The number of aliphatic carboxylic acids is 1. The van der Waals surface area contributed by atoms with Crippen LogP contribution >= 0.6 is 0 Å². The molecule has 0 spiro atoms. The van der Waals surface area contributed by atoms with Gasteiger partial charge in [0.25, 0.3) is 0 Å². The van der Waals surface area contributed by atoms with Gasteiger partial charge in [0.1, 0.15) is 5.82 Å². The lowest BCUT2D eigenvalue weighted by atomic mass is 10.1. The molecule has 0 heterocycles. The number of halogens is 1. The zero-order valence-corrected chi connectivity index (χ0v) is 10.8. The van der Waals surface area contributed by atoms with Gasteiger partial charge in [0.2, 0.25) is 0 Å². The Balaban J connectivity index is 2.44. The molecule has 2 amide bonds. The molecule has 1 atom stereocenters. The molecule has 0 aliphatic carbocycles. The van der Waals surface area contributed by atoms with Crippen molar-refractivity contribution >= 4 is 12.0 Å². The van der Waals surface area contributed by atoms with Crippen molar-refractivity contribution in [2.24, 2.45) is 0 Å². The van der Waals surface area contributed by atoms with Crippen LogP contribution < -0.4 is 10.6 Å². The maximum absolute atomic E-state index is 13.1. The van der Waals surface area contributed by atoms with Crippen LogP contribution in [0, 0.1) is 5.82 Å². The van der Waals surface area contributed by atoms with E-state index in [0.29, 0.717) is 12.0 Å². The van der Waals surface area contributed by atoms with Gasteiger partial charge in [-0.25, -0.2) is 9.18 Å². The molecule has 0 saturated carbocycles. The predicted octanol–water partition coefficient (Wildman–Crippen LogP) is 1.02. The lowest BCUT2D eigenvalue weighted by Gasteiger charge is -2.17. The molecule has 0 fully saturated rings. The van der Waals surface area contributed by atoms with Crippen molar-refractivity contribution in [2.45, 2.75) is 18.9 Å². The van der Waals surface area contributed by atoms with Gasteiger partial charge in [-0.2, -0.15) is 0 Å². The summed E-state index contributed by atoms with van der Waals surface area (Å²) in [5.74, 6) is -1.38. The highest BCUT2D eigenvalue weighted by Crippen LogP contribution is 2.13. The highest BCUT2D eigenvalue weighted by atomic mass is 19.1. The number of carbonyl (C=O) groups is 2. The first-order valence-electron chi connectivity index (χ1n) is 6.15. The van der Waals surface area contributed by atoms with Gasteiger partial charge in [0.05, 0.1) is 12.6 Å². The first kappa shape index (κ1) is 15.9. The summed E-state index contributed by atoms with van der Waals surface area (Å²) in [6.07, 6.45) is 0.278. The van der Waals surface area contributed by atoms with Gasteiger partial charge in [0, 0.05) is 13.0 Å². The summed E-state index contributed by atoms with van der Waals surface area (Å²) in [4.78, 5) is 21.8. The summed E-state index contributed by atoms with van der Waals surface area (Å²) < 4.78 is 13.1. The van der Waals surface area contributed by atoms with Gasteiger partial charge in [-0.05, 0) is 24.1 Å². The van der Waals surface area contributed by atoms with Crippen LogP contribution in [0.4, 0.5) is 9.18 Å². The average Bonchev–Trinajstić information content (AvgIpc) is 2.40. The SMILES string of the molecule is O=C(O)CCCNC(=O)NC(CO)c1cccc(F)c1. The molecule has 0 radical (unpaired) electrons. The predicted molar refractivity (Wildman–Crippen MR) is 69.6 cm³/mol. The number of rotatable bonds is 7. The number of aliphatic hydroxyl groups is 1. The number of carboxylic acids is 1. The molecule has 0 bridgehead atoms. The lowest BCUT2D eigenvalue weighted by molar-refractivity contribution is -0.137. The third-order valence-electron chi connectivity index (χ3n) is 2.59. The number of carboxylic acid groups (broad SMARTS) is 1. The summed E-state index contributed by atoms with van der Waals surface area (Å²) in [5, 5.41) is 22.6. The number of amides is 2. The van der Waals surface area contributed by atoms with Crippen molar-refractivity contribution in [3.8, 4) is 0 Å². The van der Waals surface area contributed by atoms with E-state index in [9.17, 15) is 19.1 Å². The van der Waals surface area contributed by atoms with E-state index in [2.05, 4.69) is 10.6 Å². The van der Waals surface area contributed by atoms with Gasteiger partial charge < -0.3 is 20.8 Å². The van der Waals surface area contributed by atoms with Crippen molar-refractivity contribution in [3.05, 3.63) is 35.6 Å². The maximum Gasteiger partial charge on any atom is 0.315 e. The van der Waals surface area contributed by atoms with Gasteiger partial charge in [0.15, 0.2) is 0 Å². The van der Waals surface area contributed by atoms with Crippen molar-refractivity contribution < 1.29 is 24.2 Å². The summed E-state index contributed by atoms with van der Waals surface area (Å²) in [6.45, 7) is -0.161. The number of carbonyl (C=O) groups excluding carboxylic acids is 1. The Morgan fingerprint density at radius 3 is 2.70 bits per heavy atom. The van der Waals surface area contributed by atoms with Gasteiger partial charge >= 0.3 is 12.0 Å². The summed E-state index contributed by atoms with van der Waals surface area (Å²) >= 11 is 0. The van der Waals surface area contributed by atoms with Crippen LogP contribution in [-0.2, 0) is 4.79 Å². The topological polar surface area (TPSA) is 98.7 Å². The van der Waals surface area contributed by atoms with E-state index < -0.39 is 23.9 Å². The zero-order chi connectivity index (χ0) is 15.0. The highest BCUT2D eigenvalue weighted by molar-refractivity contribution is 5.74. The summed E-state index contributed by atoms with van der Waals surface area (Å²) in [6, 6.07) is 4.31. The molecule has 0 aliphatic rings. The molecular formula is C13H17FN2O4. The van der Waals surface area contributed by atoms with Crippen LogP contribution in [0.2, 0.25) is 0 Å². The van der Waals surface area contributed by atoms with Crippen LogP contribution in [0.3, 0.4) is 0 Å². The molecule has 0 aliphatic heterocycles. The molecule has 1 unspecified atom stereocenters. The highest BCUT2D eigenvalue weighted by Gasteiger charge is 2.13. The summed E-state index contributed by atoms with van der Waals surface area (Å²) in [5.41, 5.74) is 0.452. The molecule has 1 rings (SSSR count). The molecule has 0 saturated heterocycles. The fourth-order valence-electron chi connectivity index (χ4n) is 1.61. The van der Waals surface area contributed by atoms with Crippen LogP contribution in [-0.4, -0.2) is 35.4 Å². The lowest BCUT2D eigenvalue weighted by Crippen LogP contribution is -2.39. The van der Waals surface area contributed by atoms with Gasteiger partial charge in [-0.1, -0.05) is 12.1 Å². The second-order valence-corrected chi connectivity index (χ2v) is 4.19. The molecule has 7 heteroatoms.